The summed E-state index contributed by atoms with van der Waals surface area (Å²) in [7, 11) is -3.25. The van der Waals surface area contributed by atoms with Gasteiger partial charge in [0.15, 0.2) is 15.0 Å². The van der Waals surface area contributed by atoms with Crippen LogP contribution in [0.5, 0.6) is 5.75 Å². The maximum atomic E-state index is 12.5. The van der Waals surface area contributed by atoms with E-state index in [1.165, 1.54) is 23.9 Å². The number of benzene rings is 2. The first kappa shape index (κ1) is 21.7. The molecule has 0 aromatic heterocycles. The van der Waals surface area contributed by atoms with Gasteiger partial charge in [0, 0.05) is 10.9 Å². The van der Waals surface area contributed by atoms with Crippen molar-refractivity contribution in [2.45, 2.75) is 24.1 Å². The number of thioether (sulfide) groups is 1. The van der Waals surface area contributed by atoms with E-state index in [-0.39, 0.29) is 23.2 Å². The number of ether oxygens (including phenoxy) is 1. The lowest BCUT2D eigenvalue weighted by Gasteiger charge is -2.24. The summed E-state index contributed by atoms with van der Waals surface area (Å²) < 4.78 is 65.4. The number of alkyl halides is 3. The number of rotatable bonds is 4. The molecule has 2 aliphatic rings. The van der Waals surface area contributed by atoms with E-state index in [0.717, 1.165) is 17.7 Å². The second-order valence-electron chi connectivity index (χ2n) is 7.16. The smallest absolute Gasteiger partial charge is 0.406 e. The summed E-state index contributed by atoms with van der Waals surface area (Å²) in [6.45, 7) is 0. The predicted octanol–water partition coefficient (Wildman–Crippen LogP) is 3.43. The number of carbonyl (C=O) groups excluding carboxylic acids is 1. The average Bonchev–Trinajstić information content (AvgIpc) is 3.12. The molecule has 6 nitrogen and oxygen atoms in total. The molecule has 2 aliphatic heterocycles. The molecule has 0 N–H and O–H groups in total. The molecule has 2 aromatic rings. The van der Waals surface area contributed by atoms with Crippen LogP contribution in [0.15, 0.2) is 59.6 Å². The fourth-order valence-electron chi connectivity index (χ4n) is 3.59. The van der Waals surface area contributed by atoms with Crippen LogP contribution in [0.1, 0.15) is 5.56 Å². The number of amidine groups is 1. The molecule has 31 heavy (non-hydrogen) atoms. The van der Waals surface area contributed by atoms with Crippen LogP contribution in [0, 0.1) is 0 Å². The average molecular weight is 470 g/mol. The largest absolute Gasteiger partial charge is 0.573 e. The molecule has 2 saturated heterocycles. The molecule has 4 rings (SSSR count). The second-order valence-corrected chi connectivity index (χ2v) is 10.5. The van der Waals surface area contributed by atoms with Gasteiger partial charge in [-0.15, -0.1) is 13.2 Å². The van der Waals surface area contributed by atoms with E-state index in [1.54, 1.807) is 17.0 Å². The maximum Gasteiger partial charge on any atom is 0.573 e. The van der Waals surface area contributed by atoms with Crippen molar-refractivity contribution in [1.29, 1.82) is 0 Å². The van der Waals surface area contributed by atoms with Gasteiger partial charge in [0.25, 0.3) is 5.91 Å². The Morgan fingerprint density at radius 2 is 1.77 bits per heavy atom. The fraction of sp³-hybridized carbons (Fsp3) is 0.300. The third-order valence-electron chi connectivity index (χ3n) is 4.83. The molecule has 2 fully saturated rings. The number of hydrogen-bond donors (Lipinski definition) is 0. The molecular formula is C20H17F3N2O4S2. The summed E-state index contributed by atoms with van der Waals surface area (Å²) >= 11 is 1.20. The first-order valence-electron chi connectivity index (χ1n) is 9.27. The minimum Gasteiger partial charge on any atom is -0.406 e. The molecule has 0 spiro atoms. The number of nitrogens with zero attached hydrogens (tertiary/aromatic N) is 2. The minimum absolute atomic E-state index is 0.0417. The van der Waals surface area contributed by atoms with Crippen LogP contribution in [0.25, 0.3) is 0 Å². The number of aliphatic imine (C=N–C) groups is 1. The van der Waals surface area contributed by atoms with Crippen molar-refractivity contribution < 1.29 is 31.1 Å². The monoisotopic (exact) mass is 470 g/mol. The first-order chi connectivity index (χ1) is 14.6. The molecule has 0 bridgehead atoms. The normalized spacial score (nSPS) is 23.7. The fourth-order valence-corrected chi connectivity index (χ4v) is 7.52. The Balaban J connectivity index is 1.61. The zero-order valence-corrected chi connectivity index (χ0v) is 17.6. The number of fused-ring (bicyclic) bond motifs is 1. The van der Waals surface area contributed by atoms with Crippen LogP contribution in [-0.2, 0) is 21.1 Å². The number of amides is 1. The van der Waals surface area contributed by atoms with E-state index >= 15 is 0 Å². The Labute approximate surface area is 181 Å². The predicted molar refractivity (Wildman–Crippen MR) is 112 cm³/mol. The van der Waals surface area contributed by atoms with Gasteiger partial charge >= 0.3 is 6.36 Å². The Morgan fingerprint density at radius 1 is 1.10 bits per heavy atom. The lowest BCUT2D eigenvalue weighted by atomic mass is 10.1. The van der Waals surface area contributed by atoms with Crippen molar-refractivity contribution in [3.63, 3.8) is 0 Å². The zero-order chi connectivity index (χ0) is 22.2. The van der Waals surface area contributed by atoms with E-state index in [4.69, 9.17) is 0 Å². The molecule has 11 heteroatoms. The lowest BCUT2D eigenvalue weighted by Crippen LogP contribution is -2.37. The number of carbonyl (C=O) groups is 1. The van der Waals surface area contributed by atoms with Gasteiger partial charge in [0.2, 0.25) is 0 Å². The highest BCUT2D eigenvalue weighted by atomic mass is 32.2. The standard InChI is InChI=1S/C20H17F3N2O4S2/c21-20(22,23)29-15-8-6-14(7-9-15)25-16-11-31(27,28)12-17(16)30-19(25)24-18(26)10-13-4-2-1-3-5-13/h1-9,16-17H,10-12H2/t16-,17+/m1/s1. The van der Waals surface area contributed by atoms with Crippen molar-refractivity contribution in [3.05, 3.63) is 60.2 Å². The van der Waals surface area contributed by atoms with Gasteiger partial charge in [-0.25, -0.2) is 8.42 Å². The van der Waals surface area contributed by atoms with Crippen LogP contribution in [0.3, 0.4) is 0 Å². The molecule has 2 atom stereocenters. The molecule has 2 heterocycles. The summed E-state index contributed by atoms with van der Waals surface area (Å²) in [5, 5.41) is 0.0368. The SMILES string of the molecule is O=C(Cc1ccccc1)N=C1S[C@H]2CS(=O)(=O)C[C@H]2N1c1ccc(OC(F)(F)F)cc1. The van der Waals surface area contributed by atoms with Gasteiger partial charge in [0.1, 0.15) is 5.75 Å². The van der Waals surface area contributed by atoms with Crippen molar-refractivity contribution in [2.24, 2.45) is 4.99 Å². The highest BCUT2D eigenvalue weighted by Crippen LogP contribution is 2.41. The third-order valence-corrected chi connectivity index (χ3v) is 8.04. The van der Waals surface area contributed by atoms with E-state index in [0.29, 0.717) is 10.9 Å². The highest BCUT2D eigenvalue weighted by molar-refractivity contribution is 8.16. The summed E-state index contributed by atoms with van der Waals surface area (Å²) in [6.07, 6.45) is -4.73. The summed E-state index contributed by atoms with van der Waals surface area (Å²) in [4.78, 5) is 18.3. The number of halogens is 3. The molecule has 2 aromatic carbocycles. The Morgan fingerprint density at radius 3 is 2.42 bits per heavy atom. The molecule has 0 aliphatic carbocycles. The molecular weight excluding hydrogens is 453 g/mol. The van der Waals surface area contributed by atoms with Gasteiger partial charge in [-0.2, -0.15) is 4.99 Å². The van der Waals surface area contributed by atoms with Crippen LogP contribution >= 0.6 is 11.8 Å². The topological polar surface area (TPSA) is 76.0 Å². The molecule has 164 valence electrons. The lowest BCUT2D eigenvalue weighted by molar-refractivity contribution is -0.274. The Kier molecular flexibility index (Phi) is 5.73. The van der Waals surface area contributed by atoms with Crippen LogP contribution in [0.4, 0.5) is 18.9 Å². The summed E-state index contributed by atoms with van der Waals surface area (Å²) in [6, 6.07) is 13.7. The first-order valence-corrected chi connectivity index (χ1v) is 12.0. The molecule has 0 radical (unpaired) electrons. The van der Waals surface area contributed by atoms with Gasteiger partial charge < -0.3 is 9.64 Å². The van der Waals surface area contributed by atoms with Gasteiger partial charge in [-0.1, -0.05) is 42.1 Å². The minimum atomic E-state index is -4.81. The van der Waals surface area contributed by atoms with Crippen molar-refractivity contribution in [2.75, 3.05) is 16.4 Å². The number of anilines is 1. The van der Waals surface area contributed by atoms with E-state index < -0.39 is 33.9 Å². The van der Waals surface area contributed by atoms with Crippen LogP contribution in [0.2, 0.25) is 0 Å². The van der Waals surface area contributed by atoms with Gasteiger partial charge in [0.05, 0.1) is 24.0 Å². The van der Waals surface area contributed by atoms with Crippen molar-refractivity contribution in [3.8, 4) is 5.75 Å². The second kappa shape index (κ2) is 8.19. The Hall–Kier alpha value is -2.53. The number of sulfone groups is 1. The van der Waals surface area contributed by atoms with Gasteiger partial charge in [-0.05, 0) is 29.8 Å². The summed E-state index contributed by atoms with van der Waals surface area (Å²) in [5.74, 6) is -0.937. The molecule has 1 amide bonds. The van der Waals surface area contributed by atoms with Crippen LogP contribution < -0.4 is 9.64 Å². The molecule has 0 unspecified atom stereocenters. The quantitative estimate of drug-likeness (QED) is 0.682. The van der Waals surface area contributed by atoms with Crippen molar-refractivity contribution in [1.82, 2.24) is 0 Å². The third kappa shape index (κ3) is 5.21. The number of hydrogen-bond acceptors (Lipinski definition) is 5. The van der Waals surface area contributed by atoms with Crippen molar-refractivity contribution >= 4 is 38.4 Å². The zero-order valence-electron chi connectivity index (χ0n) is 15.9. The maximum absolute atomic E-state index is 12.5. The molecule has 0 saturated carbocycles. The van der Waals surface area contributed by atoms with E-state index in [9.17, 15) is 26.4 Å². The van der Waals surface area contributed by atoms with E-state index in [2.05, 4.69) is 9.73 Å². The van der Waals surface area contributed by atoms with Gasteiger partial charge in [-0.3, -0.25) is 4.79 Å². The Bertz CT molecular complexity index is 1100. The highest BCUT2D eigenvalue weighted by Gasteiger charge is 2.49. The van der Waals surface area contributed by atoms with E-state index in [1.807, 2.05) is 18.2 Å². The summed E-state index contributed by atoms with van der Waals surface area (Å²) in [5.41, 5.74) is 1.24. The van der Waals surface area contributed by atoms with Crippen LogP contribution in [-0.4, -0.2) is 48.7 Å².